The summed E-state index contributed by atoms with van der Waals surface area (Å²) in [4.78, 5) is 11.2. The molecule has 0 aromatic heterocycles. The summed E-state index contributed by atoms with van der Waals surface area (Å²) in [6.07, 6.45) is -1.25. The zero-order valence-electron chi connectivity index (χ0n) is 9.74. The molecule has 1 saturated heterocycles. The minimum absolute atomic E-state index is 0.315. The summed E-state index contributed by atoms with van der Waals surface area (Å²) in [6, 6.07) is 0. The van der Waals surface area contributed by atoms with E-state index in [0.29, 0.717) is 0 Å². The van der Waals surface area contributed by atoms with Gasteiger partial charge in [-0.3, -0.25) is 4.79 Å². The van der Waals surface area contributed by atoms with E-state index in [1.165, 1.54) is 0 Å². The van der Waals surface area contributed by atoms with Gasteiger partial charge in [0.05, 0.1) is 11.5 Å². The first kappa shape index (κ1) is 14.3. The fourth-order valence-electron chi connectivity index (χ4n) is 2.29. The van der Waals surface area contributed by atoms with Crippen molar-refractivity contribution in [2.45, 2.75) is 32.6 Å². The highest BCUT2D eigenvalue weighted by atomic mass is 32.2. The number of carboxylic acid groups (broad SMARTS) is 1. The van der Waals surface area contributed by atoms with E-state index >= 15 is 0 Å². The molecule has 0 spiro atoms. The smallest absolute Gasteiger partial charge is 0.316 e. The van der Waals surface area contributed by atoms with Crippen LogP contribution in [0.4, 0.5) is 8.78 Å². The molecule has 0 radical (unpaired) electrons. The summed E-state index contributed by atoms with van der Waals surface area (Å²) in [6.45, 7) is 3.20. The Bertz CT molecular complexity index is 416. The first-order valence-corrected chi connectivity index (χ1v) is 7.16. The number of carboxylic acids is 1. The van der Waals surface area contributed by atoms with Crippen molar-refractivity contribution in [1.82, 2.24) is 0 Å². The maximum atomic E-state index is 13.8. The van der Waals surface area contributed by atoms with Crippen molar-refractivity contribution in [1.29, 1.82) is 0 Å². The molecule has 0 amide bonds. The molecule has 1 aliphatic heterocycles. The third-order valence-corrected chi connectivity index (χ3v) is 4.82. The third-order valence-electron chi connectivity index (χ3n) is 3.06. The number of hydrogen-bond donors (Lipinski definition) is 1. The van der Waals surface area contributed by atoms with Gasteiger partial charge in [-0.15, -0.1) is 0 Å². The number of hydrogen-bond acceptors (Lipinski definition) is 3. The van der Waals surface area contributed by atoms with Crippen LogP contribution in [0.3, 0.4) is 0 Å². The minimum atomic E-state index is -3.71. The average molecular weight is 270 g/mol. The molecule has 0 bridgehead atoms. The van der Waals surface area contributed by atoms with Crippen LogP contribution in [0.25, 0.3) is 0 Å². The highest BCUT2D eigenvalue weighted by Gasteiger charge is 2.63. The van der Waals surface area contributed by atoms with E-state index in [4.69, 9.17) is 5.11 Å². The fraction of sp³-hybridized carbons (Fsp3) is 0.900. The van der Waals surface area contributed by atoms with Crippen molar-refractivity contribution in [2.75, 3.05) is 11.5 Å². The summed E-state index contributed by atoms with van der Waals surface area (Å²) in [5, 5.41) is 9.06. The van der Waals surface area contributed by atoms with Crippen molar-refractivity contribution < 1.29 is 27.1 Å². The van der Waals surface area contributed by atoms with Gasteiger partial charge in [-0.25, -0.2) is 17.2 Å². The van der Waals surface area contributed by atoms with E-state index in [1.807, 2.05) is 0 Å². The maximum Gasteiger partial charge on any atom is 0.316 e. The zero-order chi connectivity index (χ0) is 13.5. The highest BCUT2D eigenvalue weighted by Crippen LogP contribution is 2.48. The van der Waals surface area contributed by atoms with E-state index < -0.39 is 45.1 Å². The van der Waals surface area contributed by atoms with Crippen molar-refractivity contribution in [3.05, 3.63) is 0 Å². The molecular formula is C10H16F2O4S. The second kappa shape index (κ2) is 4.19. The highest BCUT2D eigenvalue weighted by molar-refractivity contribution is 7.91. The Morgan fingerprint density at radius 2 is 1.94 bits per heavy atom. The maximum absolute atomic E-state index is 13.8. The second-order valence-corrected chi connectivity index (χ2v) is 7.22. The van der Waals surface area contributed by atoms with E-state index in [9.17, 15) is 22.0 Å². The predicted molar refractivity (Wildman–Crippen MR) is 57.7 cm³/mol. The predicted octanol–water partition coefficient (Wildman–Crippen LogP) is 1.56. The molecule has 1 atom stereocenters. The van der Waals surface area contributed by atoms with Gasteiger partial charge in [-0.2, -0.15) is 0 Å². The van der Waals surface area contributed by atoms with Crippen molar-refractivity contribution in [2.24, 2.45) is 11.3 Å². The lowest BCUT2D eigenvalue weighted by Crippen LogP contribution is -2.57. The third kappa shape index (κ3) is 2.59. The number of alkyl halides is 2. The lowest BCUT2D eigenvalue weighted by atomic mass is 9.75. The fourth-order valence-corrected chi connectivity index (χ4v) is 4.20. The molecule has 0 aromatic rings. The SMILES string of the molecule is CC(C)CC1(C(=O)O)CS(=O)(=O)CCC1(F)F. The van der Waals surface area contributed by atoms with Gasteiger partial charge in [0.15, 0.2) is 9.84 Å². The summed E-state index contributed by atoms with van der Waals surface area (Å²) in [5.74, 6) is -7.13. The monoisotopic (exact) mass is 270 g/mol. The van der Waals surface area contributed by atoms with Crippen molar-refractivity contribution in [3.8, 4) is 0 Å². The van der Waals surface area contributed by atoms with Gasteiger partial charge in [-0.05, 0) is 12.3 Å². The largest absolute Gasteiger partial charge is 0.481 e. The molecule has 100 valence electrons. The summed E-state index contributed by atoms with van der Waals surface area (Å²) in [5.41, 5.74) is -2.47. The molecule has 1 heterocycles. The van der Waals surface area contributed by atoms with Crippen LogP contribution < -0.4 is 0 Å². The van der Waals surface area contributed by atoms with Gasteiger partial charge in [0.25, 0.3) is 5.92 Å². The summed E-state index contributed by atoms with van der Waals surface area (Å²) >= 11 is 0. The zero-order valence-corrected chi connectivity index (χ0v) is 10.6. The molecule has 1 fully saturated rings. The summed E-state index contributed by atoms with van der Waals surface area (Å²) < 4.78 is 50.6. The number of sulfone groups is 1. The van der Waals surface area contributed by atoms with Gasteiger partial charge < -0.3 is 5.11 Å². The van der Waals surface area contributed by atoms with E-state index in [-0.39, 0.29) is 12.3 Å². The van der Waals surface area contributed by atoms with E-state index in [1.54, 1.807) is 13.8 Å². The molecule has 0 saturated carbocycles. The molecular weight excluding hydrogens is 254 g/mol. The van der Waals surface area contributed by atoms with Gasteiger partial charge in [0.2, 0.25) is 0 Å². The van der Waals surface area contributed by atoms with Crippen LogP contribution in [-0.4, -0.2) is 36.9 Å². The van der Waals surface area contributed by atoms with Crippen LogP contribution in [0, 0.1) is 11.3 Å². The molecule has 7 heteroatoms. The van der Waals surface area contributed by atoms with E-state index in [2.05, 4.69) is 0 Å². The molecule has 1 unspecified atom stereocenters. The van der Waals surface area contributed by atoms with Gasteiger partial charge in [0.1, 0.15) is 5.41 Å². The van der Waals surface area contributed by atoms with Crippen LogP contribution >= 0.6 is 0 Å². The Hall–Kier alpha value is -0.720. The standard InChI is InChI=1S/C10H16F2O4S/c1-7(2)5-9(8(13)14)6-17(15,16)4-3-10(9,11)12/h7H,3-6H2,1-2H3,(H,13,14). The molecule has 17 heavy (non-hydrogen) atoms. The Labute approximate surface area is 98.9 Å². The summed E-state index contributed by atoms with van der Waals surface area (Å²) in [7, 11) is -3.71. The van der Waals surface area contributed by atoms with Crippen LogP contribution in [0.5, 0.6) is 0 Å². The number of aliphatic carboxylic acids is 1. The quantitative estimate of drug-likeness (QED) is 0.844. The van der Waals surface area contributed by atoms with Gasteiger partial charge >= 0.3 is 5.97 Å². The Kier molecular flexibility index (Phi) is 3.53. The lowest BCUT2D eigenvalue weighted by molar-refractivity contribution is -0.180. The first-order chi connectivity index (χ1) is 7.52. The van der Waals surface area contributed by atoms with Crippen LogP contribution in [0.15, 0.2) is 0 Å². The second-order valence-electron chi connectivity index (χ2n) is 5.03. The van der Waals surface area contributed by atoms with Gasteiger partial charge in [-0.1, -0.05) is 13.8 Å². The lowest BCUT2D eigenvalue weighted by Gasteiger charge is -2.40. The van der Waals surface area contributed by atoms with Crippen LogP contribution in [0.2, 0.25) is 0 Å². The first-order valence-electron chi connectivity index (χ1n) is 5.34. The Morgan fingerprint density at radius 1 is 1.41 bits per heavy atom. The van der Waals surface area contributed by atoms with Gasteiger partial charge in [0, 0.05) is 6.42 Å². The molecule has 0 aromatic carbocycles. The number of rotatable bonds is 3. The van der Waals surface area contributed by atoms with Crippen LogP contribution in [-0.2, 0) is 14.6 Å². The molecule has 1 rings (SSSR count). The Morgan fingerprint density at radius 3 is 2.35 bits per heavy atom. The normalized spacial score (nSPS) is 31.4. The Balaban J connectivity index is 3.27. The minimum Gasteiger partial charge on any atom is -0.481 e. The van der Waals surface area contributed by atoms with Crippen molar-refractivity contribution >= 4 is 15.8 Å². The molecule has 0 aliphatic carbocycles. The topological polar surface area (TPSA) is 71.4 Å². The van der Waals surface area contributed by atoms with Crippen molar-refractivity contribution in [3.63, 3.8) is 0 Å². The molecule has 1 aliphatic rings. The molecule has 4 nitrogen and oxygen atoms in total. The number of halogens is 2. The number of carbonyl (C=O) groups is 1. The average Bonchev–Trinajstić information content (AvgIpc) is 2.10. The molecule has 1 N–H and O–H groups in total. The van der Waals surface area contributed by atoms with Crippen LogP contribution in [0.1, 0.15) is 26.7 Å². The van der Waals surface area contributed by atoms with E-state index in [0.717, 1.165) is 0 Å².